The Kier molecular flexibility index (Phi) is 3.89. The molecule has 2 aromatic carbocycles. The molecule has 0 amide bonds. The molecule has 0 bridgehead atoms. The Morgan fingerprint density at radius 2 is 1.57 bits per heavy atom. The summed E-state index contributed by atoms with van der Waals surface area (Å²) < 4.78 is 0. The predicted molar refractivity (Wildman–Crippen MR) is 85.2 cm³/mol. The highest BCUT2D eigenvalue weighted by Crippen LogP contribution is 2.38. The quantitative estimate of drug-likeness (QED) is 0.613. The van der Waals surface area contributed by atoms with Crippen molar-refractivity contribution in [2.24, 2.45) is 5.92 Å². The number of carbonyl (C=O) groups excluding carboxylic acids is 1. The molecule has 0 spiro atoms. The molecule has 0 radical (unpaired) electrons. The Labute approximate surface area is 126 Å². The summed E-state index contributed by atoms with van der Waals surface area (Å²) in [5.41, 5.74) is 2.09. The van der Waals surface area contributed by atoms with Crippen molar-refractivity contribution in [1.82, 2.24) is 4.90 Å². The Morgan fingerprint density at radius 1 is 1.00 bits per heavy atom. The van der Waals surface area contributed by atoms with Crippen LogP contribution in [-0.4, -0.2) is 22.8 Å². The van der Waals surface area contributed by atoms with Gasteiger partial charge in [-0.25, -0.2) is 0 Å². The molecule has 108 valence electrons. The minimum atomic E-state index is 0.0348. The van der Waals surface area contributed by atoms with Gasteiger partial charge < -0.3 is 0 Å². The van der Waals surface area contributed by atoms with E-state index < -0.39 is 0 Å². The summed E-state index contributed by atoms with van der Waals surface area (Å²) in [5, 5.41) is 0. The van der Waals surface area contributed by atoms with Crippen LogP contribution in [0.25, 0.3) is 0 Å². The number of Topliss-reactive ketones (excluding diaryl/α,β-unsaturated/α-hetero) is 1. The van der Waals surface area contributed by atoms with Gasteiger partial charge in [-0.15, -0.1) is 0 Å². The highest BCUT2D eigenvalue weighted by Gasteiger charge is 2.53. The van der Waals surface area contributed by atoms with Gasteiger partial charge in [0.2, 0.25) is 0 Å². The van der Waals surface area contributed by atoms with Gasteiger partial charge in [0.05, 0.1) is 6.04 Å². The molecular weight excluding hydrogens is 258 g/mol. The zero-order chi connectivity index (χ0) is 14.8. The van der Waals surface area contributed by atoms with Crippen molar-refractivity contribution in [2.45, 2.75) is 32.5 Å². The molecule has 2 aromatic rings. The van der Waals surface area contributed by atoms with Gasteiger partial charge in [0.15, 0.2) is 5.78 Å². The highest BCUT2D eigenvalue weighted by molar-refractivity contribution is 6.02. The molecular formula is C19H21NO. The molecule has 1 saturated heterocycles. The standard InChI is InChI=1S/C19H21NO/c1-14(2)17-18(19(21)16-11-7-4-8-12-16)20(17)13-15-9-5-3-6-10-15/h3-12,14,17-18H,13H2,1-2H3/t17-,18+,20?/m0/s1. The zero-order valence-electron chi connectivity index (χ0n) is 12.6. The van der Waals surface area contributed by atoms with Crippen molar-refractivity contribution >= 4 is 5.78 Å². The lowest BCUT2D eigenvalue weighted by Crippen LogP contribution is -2.14. The zero-order valence-corrected chi connectivity index (χ0v) is 12.6. The fraction of sp³-hybridized carbons (Fsp3) is 0.316. The minimum absolute atomic E-state index is 0.0348. The van der Waals surface area contributed by atoms with Crippen molar-refractivity contribution in [3.05, 3.63) is 71.8 Å². The summed E-state index contributed by atoms with van der Waals surface area (Å²) in [6, 6.07) is 20.4. The Balaban J connectivity index is 1.77. The second kappa shape index (κ2) is 5.82. The van der Waals surface area contributed by atoms with Gasteiger partial charge in [-0.1, -0.05) is 74.5 Å². The van der Waals surface area contributed by atoms with E-state index in [9.17, 15) is 4.79 Å². The average molecular weight is 279 g/mol. The molecule has 3 rings (SSSR count). The number of benzene rings is 2. The first-order valence-corrected chi connectivity index (χ1v) is 7.57. The van der Waals surface area contributed by atoms with Crippen molar-refractivity contribution < 1.29 is 4.79 Å². The van der Waals surface area contributed by atoms with Gasteiger partial charge in [0, 0.05) is 18.2 Å². The third-order valence-electron chi connectivity index (χ3n) is 4.19. The molecule has 1 fully saturated rings. The number of hydrogen-bond acceptors (Lipinski definition) is 2. The second-order valence-electron chi connectivity index (χ2n) is 6.07. The smallest absolute Gasteiger partial charge is 0.181 e. The molecule has 2 nitrogen and oxygen atoms in total. The lowest BCUT2D eigenvalue weighted by Gasteiger charge is -2.05. The van der Waals surface area contributed by atoms with E-state index in [4.69, 9.17) is 0 Å². The molecule has 0 aliphatic carbocycles. The molecule has 21 heavy (non-hydrogen) atoms. The summed E-state index contributed by atoms with van der Waals surface area (Å²) in [4.78, 5) is 15.0. The van der Waals surface area contributed by atoms with Crippen LogP contribution in [0.5, 0.6) is 0 Å². The van der Waals surface area contributed by atoms with Gasteiger partial charge in [0.1, 0.15) is 0 Å². The maximum Gasteiger partial charge on any atom is 0.181 e. The van der Waals surface area contributed by atoms with Crippen molar-refractivity contribution in [2.75, 3.05) is 0 Å². The molecule has 1 unspecified atom stereocenters. The molecule has 0 N–H and O–H groups in total. The Morgan fingerprint density at radius 3 is 2.14 bits per heavy atom. The number of rotatable bonds is 5. The normalized spacial score (nSPS) is 24.0. The largest absolute Gasteiger partial charge is 0.292 e. The molecule has 3 atom stereocenters. The van der Waals surface area contributed by atoms with Gasteiger partial charge in [-0.2, -0.15) is 0 Å². The third-order valence-corrected chi connectivity index (χ3v) is 4.19. The molecule has 2 heteroatoms. The first-order valence-electron chi connectivity index (χ1n) is 7.57. The third kappa shape index (κ3) is 2.91. The van der Waals surface area contributed by atoms with E-state index >= 15 is 0 Å². The summed E-state index contributed by atoms with van der Waals surface area (Å²) >= 11 is 0. The SMILES string of the molecule is CC(C)[C@H]1[C@H](C(=O)c2ccccc2)N1Cc1ccccc1. The van der Waals surface area contributed by atoms with E-state index in [0.29, 0.717) is 12.0 Å². The van der Waals surface area contributed by atoms with E-state index in [2.05, 4.69) is 43.0 Å². The number of carbonyl (C=O) groups is 1. The van der Waals surface area contributed by atoms with Crippen molar-refractivity contribution in [1.29, 1.82) is 0 Å². The van der Waals surface area contributed by atoms with Gasteiger partial charge in [-0.05, 0) is 11.5 Å². The highest BCUT2D eigenvalue weighted by atomic mass is 16.1. The predicted octanol–water partition coefficient (Wildman–Crippen LogP) is 3.78. The van der Waals surface area contributed by atoms with Gasteiger partial charge >= 0.3 is 0 Å². The van der Waals surface area contributed by atoms with Crippen molar-refractivity contribution in [3.8, 4) is 0 Å². The second-order valence-corrected chi connectivity index (χ2v) is 6.07. The van der Waals surface area contributed by atoms with Crippen molar-refractivity contribution in [3.63, 3.8) is 0 Å². The molecule has 1 aliphatic rings. The first kappa shape index (κ1) is 14.0. The number of nitrogens with zero attached hydrogens (tertiary/aromatic N) is 1. The van der Waals surface area contributed by atoms with Crippen LogP contribution in [-0.2, 0) is 6.54 Å². The van der Waals surface area contributed by atoms with Crippen LogP contribution in [0.15, 0.2) is 60.7 Å². The molecule has 1 aliphatic heterocycles. The summed E-state index contributed by atoms with van der Waals surface area (Å²) in [6.07, 6.45) is 0. The topological polar surface area (TPSA) is 20.1 Å². The minimum Gasteiger partial charge on any atom is -0.292 e. The summed E-state index contributed by atoms with van der Waals surface area (Å²) in [5.74, 6) is 0.747. The van der Waals surface area contributed by atoms with Crippen LogP contribution in [0.1, 0.15) is 29.8 Å². The van der Waals surface area contributed by atoms with E-state index in [0.717, 1.165) is 12.1 Å². The monoisotopic (exact) mass is 279 g/mol. The van der Waals surface area contributed by atoms with Crippen LogP contribution in [0.4, 0.5) is 0 Å². The first-order chi connectivity index (χ1) is 10.2. The van der Waals surface area contributed by atoms with Crippen LogP contribution < -0.4 is 0 Å². The Hall–Kier alpha value is -1.93. The van der Waals surface area contributed by atoms with Gasteiger partial charge in [0.25, 0.3) is 0 Å². The maximum atomic E-state index is 12.7. The average Bonchev–Trinajstić information content (AvgIpc) is 3.22. The number of hydrogen-bond donors (Lipinski definition) is 0. The number of ketones is 1. The van der Waals surface area contributed by atoms with E-state index in [-0.39, 0.29) is 11.8 Å². The van der Waals surface area contributed by atoms with E-state index in [1.54, 1.807) is 0 Å². The fourth-order valence-corrected chi connectivity index (χ4v) is 3.12. The fourth-order valence-electron chi connectivity index (χ4n) is 3.12. The summed E-state index contributed by atoms with van der Waals surface area (Å²) in [7, 11) is 0. The molecule has 0 saturated carbocycles. The maximum absolute atomic E-state index is 12.7. The molecule has 1 heterocycles. The van der Waals surface area contributed by atoms with E-state index in [1.165, 1.54) is 5.56 Å². The van der Waals surface area contributed by atoms with Crippen LogP contribution in [0.3, 0.4) is 0 Å². The summed E-state index contributed by atoms with van der Waals surface area (Å²) in [6.45, 7) is 5.24. The van der Waals surface area contributed by atoms with Gasteiger partial charge in [-0.3, -0.25) is 9.69 Å². The Bertz CT molecular complexity index is 606. The lowest BCUT2D eigenvalue weighted by atomic mass is 10.0. The lowest BCUT2D eigenvalue weighted by molar-refractivity contribution is 0.0972. The van der Waals surface area contributed by atoms with Crippen LogP contribution in [0, 0.1) is 5.92 Å². The van der Waals surface area contributed by atoms with Crippen LogP contribution >= 0.6 is 0 Å². The van der Waals surface area contributed by atoms with E-state index in [1.807, 2.05) is 36.4 Å². The van der Waals surface area contributed by atoms with Crippen LogP contribution in [0.2, 0.25) is 0 Å². The molecule has 0 aromatic heterocycles.